The van der Waals surface area contributed by atoms with Gasteiger partial charge in [-0.25, -0.2) is 0 Å². The fraction of sp³-hybridized carbons (Fsp3) is 0.800. The fourth-order valence-electron chi connectivity index (χ4n) is 0.359. The maximum absolute atomic E-state index is 11.1. The van der Waals surface area contributed by atoms with Gasteiger partial charge in [0.25, 0.3) is 0 Å². The van der Waals surface area contributed by atoms with Gasteiger partial charge >= 0.3 is 5.97 Å². The maximum atomic E-state index is 11.1. The van der Waals surface area contributed by atoms with Crippen molar-refractivity contribution in [2.45, 2.75) is 20.0 Å². The SMILES string of the molecule is CC(C)OC(=O)CNF. The van der Waals surface area contributed by atoms with Crippen LogP contribution in [0.3, 0.4) is 0 Å². The summed E-state index contributed by atoms with van der Waals surface area (Å²) in [6.45, 7) is 3.03. The van der Waals surface area contributed by atoms with Crippen LogP contribution in [0.2, 0.25) is 0 Å². The van der Waals surface area contributed by atoms with Crippen molar-refractivity contribution in [2.75, 3.05) is 6.54 Å². The number of nitrogens with one attached hydrogen (secondary N) is 1. The third-order valence-electron chi connectivity index (χ3n) is 0.578. The first-order chi connectivity index (χ1) is 4.16. The van der Waals surface area contributed by atoms with Gasteiger partial charge in [-0.15, -0.1) is 10.0 Å². The van der Waals surface area contributed by atoms with Crippen LogP contribution in [0.25, 0.3) is 0 Å². The van der Waals surface area contributed by atoms with Gasteiger partial charge in [0.1, 0.15) is 6.54 Å². The molecule has 0 aliphatic heterocycles. The number of esters is 1. The molecule has 0 rings (SSSR count). The molecular formula is C5H10FNO2. The molecule has 4 heteroatoms. The van der Waals surface area contributed by atoms with E-state index < -0.39 is 5.97 Å². The van der Waals surface area contributed by atoms with Gasteiger partial charge < -0.3 is 4.74 Å². The molecule has 1 N–H and O–H groups in total. The van der Waals surface area contributed by atoms with Gasteiger partial charge in [-0.1, -0.05) is 0 Å². The zero-order chi connectivity index (χ0) is 7.28. The van der Waals surface area contributed by atoms with Crippen molar-refractivity contribution in [3.63, 3.8) is 0 Å². The van der Waals surface area contributed by atoms with Crippen LogP contribution in [0, 0.1) is 0 Å². The zero-order valence-corrected chi connectivity index (χ0v) is 5.48. The lowest BCUT2D eigenvalue weighted by Crippen LogP contribution is -2.21. The van der Waals surface area contributed by atoms with Crippen LogP contribution < -0.4 is 5.54 Å². The minimum absolute atomic E-state index is 0.175. The van der Waals surface area contributed by atoms with Crippen LogP contribution >= 0.6 is 0 Å². The van der Waals surface area contributed by atoms with E-state index in [1.54, 1.807) is 13.8 Å². The largest absolute Gasteiger partial charge is 0.462 e. The average Bonchev–Trinajstić information content (AvgIpc) is 1.63. The Morgan fingerprint density at radius 2 is 2.33 bits per heavy atom. The summed E-state index contributed by atoms with van der Waals surface area (Å²) in [4.78, 5) is 10.3. The number of rotatable bonds is 3. The molecule has 0 aromatic carbocycles. The van der Waals surface area contributed by atoms with E-state index in [2.05, 4.69) is 4.74 Å². The van der Waals surface area contributed by atoms with Crippen LogP contribution in [0.4, 0.5) is 4.48 Å². The van der Waals surface area contributed by atoms with Crippen molar-refractivity contribution < 1.29 is 14.0 Å². The van der Waals surface area contributed by atoms with Crippen molar-refractivity contribution >= 4 is 5.97 Å². The molecule has 0 heterocycles. The molecule has 0 radical (unpaired) electrons. The maximum Gasteiger partial charge on any atom is 0.322 e. The summed E-state index contributed by atoms with van der Waals surface area (Å²) in [6.07, 6.45) is -0.175. The molecule has 0 aliphatic carbocycles. The summed E-state index contributed by atoms with van der Waals surface area (Å²) in [7, 11) is 0. The highest BCUT2D eigenvalue weighted by Crippen LogP contribution is 1.86. The third-order valence-corrected chi connectivity index (χ3v) is 0.578. The molecule has 0 aromatic heterocycles. The smallest absolute Gasteiger partial charge is 0.322 e. The number of carbonyl (C=O) groups is 1. The second kappa shape index (κ2) is 4.26. The summed E-state index contributed by atoms with van der Waals surface area (Å²) in [5.41, 5.74) is 1.20. The van der Waals surface area contributed by atoms with Crippen molar-refractivity contribution in [1.82, 2.24) is 5.54 Å². The highest BCUT2D eigenvalue weighted by molar-refractivity contribution is 5.71. The molecule has 9 heavy (non-hydrogen) atoms. The van der Waals surface area contributed by atoms with Crippen LogP contribution in [0.1, 0.15) is 13.8 Å². The van der Waals surface area contributed by atoms with E-state index in [1.165, 1.54) is 5.54 Å². The fourth-order valence-corrected chi connectivity index (χ4v) is 0.359. The Bertz CT molecular complexity index is 95.0. The molecule has 0 spiro atoms. The Kier molecular flexibility index (Phi) is 3.96. The van der Waals surface area contributed by atoms with Gasteiger partial charge in [-0.3, -0.25) is 4.79 Å². The van der Waals surface area contributed by atoms with Gasteiger partial charge in [-0.05, 0) is 13.8 Å². The average molecular weight is 135 g/mol. The van der Waals surface area contributed by atoms with Crippen LogP contribution in [-0.2, 0) is 9.53 Å². The second-order valence-electron chi connectivity index (χ2n) is 1.85. The van der Waals surface area contributed by atoms with E-state index in [4.69, 9.17) is 0 Å². The Morgan fingerprint density at radius 3 is 2.67 bits per heavy atom. The van der Waals surface area contributed by atoms with Crippen molar-refractivity contribution in [3.05, 3.63) is 0 Å². The van der Waals surface area contributed by atoms with Crippen LogP contribution in [0.5, 0.6) is 0 Å². The second-order valence-corrected chi connectivity index (χ2v) is 1.85. The van der Waals surface area contributed by atoms with E-state index in [1.807, 2.05) is 0 Å². The number of halogens is 1. The molecule has 0 saturated heterocycles. The lowest BCUT2D eigenvalue weighted by atomic mass is 10.5. The first-order valence-electron chi connectivity index (χ1n) is 2.69. The summed E-state index contributed by atoms with van der Waals surface area (Å²) in [5.74, 6) is -0.576. The highest BCUT2D eigenvalue weighted by Gasteiger charge is 2.02. The van der Waals surface area contributed by atoms with Crippen molar-refractivity contribution in [2.24, 2.45) is 0 Å². The first-order valence-corrected chi connectivity index (χ1v) is 2.69. The molecule has 0 aliphatic rings. The summed E-state index contributed by atoms with van der Waals surface area (Å²) < 4.78 is 15.7. The minimum Gasteiger partial charge on any atom is -0.462 e. The van der Waals surface area contributed by atoms with Crippen LogP contribution in [-0.4, -0.2) is 18.6 Å². The number of hydrogen-bond donors (Lipinski definition) is 1. The first kappa shape index (κ1) is 8.36. The summed E-state index contributed by atoms with van der Waals surface area (Å²) in [5, 5.41) is 0. The summed E-state index contributed by atoms with van der Waals surface area (Å²) in [6, 6.07) is 0. The molecule has 54 valence electrons. The van der Waals surface area contributed by atoms with E-state index in [9.17, 15) is 9.28 Å². The predicted octanol–water partition coefficient (Wildman–Crippen LogP) is 0.412. The molecule has 0 bridgehead atoms. The van der Waals surface area contributed by atoms with E-state index in [0.717, 1.165) is 0 Å². The van der Waals surface area contributed by atoms with E-state index >= 15 is 0 Å². The monoisotopic (exact) mass is 135 g/mol. The van der Waals surface area contributed by atoms with E-state index in [-0.39, 0.29) is 12.6 Å². The van der Waals surface area contributed by atoms with Gasteiger partial charge in [0.15, 0.2) is 0 Å². The van der Waals surface area contributed by atoms with E-state index in [0.29, 0.717) is 0 Å². The third kappa shape index (κ3) is 5.23. The zero-order valence-electron chi connectivity index (χ0n) is 5.48. The molecule has 0 aromatic rings. The molecule has 3 nitrogen and oxygen atoms in total. The van der Waals surface area contributed by atoms with Crippen molar-refractivity contribution in [1.29, 1.82) is 0 Å². The van der Waals surface area contributed by atoms with Gasteiger partial charge in [-0.2, -0.15) is 0 Å². The Labute approximate surface area is 53.1 Å². The molecule has 0 fully saturated rings. The topological polar surface area (TPSA) is 38.3 Å². The summed E-state index contributed by atoms with van der Waals surface area (Å²) >= 11 is 0. The lowest BCUT2D eigenvalue weighted by molar-refractivity contribution is -0.147. The van der Waals surface area contributed by atoms with Gasteiger partial charge in [0.05, 0.1) is 6.10 Å². The molecule has 0 unspecified atom stereocenters. The normalized spacial score (nSPS) is 9.78. The number of carbonyl (C=O) groups excluding carboxylic acids is 1. The number of ether oxygens (including phenoxy) is 1. The Hall–Kier alpha value is -0.640. The molecular weight excluding hydrogens is 125 g/mol. The van der Waals surface area contributed by atoms with Crippen molar-refractivity contribution in [3.8, 4) is 0 Å². The van der Waals surface area contributed by atoms with Gasteiger partial charge in [0.2, 0.25) is 0 Å². The molecule has 0 saturated carbocycles. The Balaban J connectivity index is 3.27. The standard InChI is InChI=1S/C5H10FNO2/c1-4(2)9-5(8)3-7-6/h4,7H,3H2,1-2H3. The Morgan fingerprint density at radius 1 is 1.78 bits per heavy atom. The number of hydrogen-bond acceptors (Lipinski definition) is 3. The predicted molar refractivity (Wildman–Crippen MR) is 30.3 cm³/mol. The minimum atomic E-state index is -0.576. The quantitative estimate of drug-likeness (QED) is 0.450. The molecule has 0 atom stereocenters. The molecule has 0 amide bonds. The van der Waals surface area contributed by atoms with Gasteiger partial charge in [0, 0.05) is 0 Å². The van der Waals surface area contributed by atoms with Crippen LogP contribution in [0.15, 0.2) is 0 Å². The lowest BCUT2D eigenvalue weighted by Gasteiger charge is -2.04. The highest BCUT2D eigenvalue weighted by atomic mass is 19.2.